The van der Waals surface area contributed by atoms with Crippen LogP contribution in [0.2, 0.25) is 0 Å². The summed E-state index contributed by atoms with van der Waals surface area (Å²) in [4.78, 5) is 13.6. The quantitative estimate of drug-likeness (QED) is 0.851. The van der Waals surface area contributed by atoms with Crippen LogP contribution in [0.4, 0.5) is 14.5 Å². The standard InChI is InChI=1S/C13H16F2N2O3/c14-9-3-10(15)5-11(4-9)16-13(19)6-17-1-2-20-8-12(17)7-18/h3-5,12,18H,1-2,6-8H2,(H,16,19). The number of benzene rings is 1. The smallest absolute Gasteiger partial charge is 0.238 e. The minimum Gasteiger partial charge on any atom is -0.395 e. The van der Waals surface area contributed by atoms with E-state index in [0.29, 0.717) is 19.8 Å². The van der Waals surface area contributed by atoms with Crippen LogP contribution in [0.1, 0.15) is 0 Å². The van der Waals surface area contributed by atoms with Crippen molar-refractivity contribution in [1.29, 1.82) is 0 Å². The van der Waals surface area contributed by atoms with Gasteiger partial charge in [0.25, 0.3) is 0 Å². The van der Waals surface area contributed by atoms with Crippen LogP contribution >= 0.6 is 0 Å². The predicted molar refractivity (Wildman–Crippen MR) is 68.3 cm³/mol. The van der Waals surface area contributed by atoms with E-state index in [0.717, 1.165) is 18.2 Å². The van der Waals surface area contributed by atoms with E-state index in [1.54, 1.807) is 4.90 Å². The average Bonchev–Trinajstić information content (AvgIpc) is 2.37. The number of hydrogen-bond acceptors (Lipinski definition) is 4. The number of hydrogen-bond donors (Lipinski definition) is 2. The van der Waals surface area contributed by atoms with E-state index < -0.39 is 17.5 Å². The third-order valence-corrected chi connectivity index (χ3v) is 3.05. The van der Waals surface area contributed by atoms with Gasteiger partial charge in [-0.2, -0.15) is 0 Å². The van der Waals surface area contributed by atoms with Crippen LogP contribution in [0.3, 0.4) is 0 Å². The van der Waals surface area contributed by atoms with Gasteiger partial charge >= 0.3 is 0 Å². The van der Waals surface area contributed by atoms with Crippen LogP contribution in [0.15, 0.2) is 18.2 Å². The molecule has 1 aliphatic rings. The Kier molecular flexibility index (Phi) is 4.99. The Labute approximate surface area is 115 Å². The predicted octanol–water partition coefficient (Wildman–Crippen LogP) is 0.596. The first kappa shape index (κ1) is 14.8. The number of nitrogens with one attached hydrogen (secondary N) is 1. The van der Waals surface area contributed by atoms with Crippen LogP contribution in [0.25, 0.3) is 0 Å². The maximum Gasteiger partial charge on any atom is 0.238 e. The van der Waals surface area contributed by atoms with Gasteiger partial charge in [-0.15, -0.1) is 0 Å². The van der Waals surface area contributed by atoms with Crippen LogP contribution in [-0.2, 0) is 9.53 Å². The van der Waals surface area contributed by atoms with Crippen LogP contribution < -0.4 is 5.32 Å². The molecular weight excluding hydrogens is 270 g/mol. The molecule has 1 aliphatic heterocycles. The monoisotopic (exact) mass is 286 g/mol. The van der Waals surface area contributed by atoms with Gasteiger partial charge in [0, 0.05) is 18.3 Å². The van der Waals surface area contributed by atoms with Gasteiger partial charge in [0.05, 0.1) is 32.4 Å². The normalized spacial score (nSPS) is 19.9. The SMILES string of the molecule is O=C(CN1CCOCC1CO)Nc1cc(F)cc(F)c1. The summed E-state index contributed by atoms with van der Waals surface area (Å²) in [6, 6.07) is 2.59. The van der Waals surface area contributed by atoms with Crippen LogP contribution in [0, 0.1) is 11.6 Å². The largest absolute Gasteiger partial charge is 0.395 e. The third kappa shape index (κ3) is 3.96. The Balaban J connectivity index is 1.94. The number of ether oxygens (including phenoxy) is 1. The molecule has 1 heterocycles. The topological polar surface area (TPSA) is 61.8 Å². The minimum absolute atomic E-state index is 0.0344. The lowest BCUT2D eigenvalue weighted by Gasteiger charge is -2.33. The molecule has 110 valence electrons. The van der Waals surface area contributed by atoms with Crippen LogP contribution in [0.5, 0.6) is 0 Å². The second-order valence-corrected chi connectivity index (χ2v) is 4.59. The van der Waals surface area contributed by atoms with Crippen molar-refractivity contribution in [3.63, 3.8) is 0 Å². The summed E-state index contributed by atoms with van der Waals surface area (Å²) >= 11 is 0. The molecule has 0 aromatic heterocycles. The van der Waals surface area contributed by atoms with Crippen molar-refractivity contribution in [2.24, 2.45) is 0 Å². The van der Waals surface area contributed by atoms with Crippen molar-refractivity contribution in [2.75, 3.05) is 38.2 Å². The molecule has 0 aliphatic carbocycles. The van der Waals surface area contributed by atoms with E-state index in [9.17, 15) is 18.7 Å². The maximum absolute atomic E-state index is 13.0. The number of halogens is 2. The summed E-state index contributed by atoms with van der Waals surface area (Å²) in [5, 5.41) is 11.6. The van der Waals surface area contributed by atoms with Gasteiger partial charge in [-0.1, -0.05) is 0 Å². The number of carbonyl (C=O) groups is 1. The lowest BCUT2D eigenvalue weighted by Crippen LogP contribution is -2.50. The minimum atomic E-state index is -0.750. The number of morpholine rings is 1. The van der Waals surface area contributed by atoms with Crippen molar-refractivity contribution >= 4 is 11.6 Å². The second-order valence-electron chi connectivity index (χ2n) is 4.59. The van der Waals surface area contributed by atoms with Crippen molar-refractivity contribution in [2.45, 2.75) is 6.04 Å². The van der Waals surface area contributed by atoms with E-state index in [1.165, 1.54) is 0 Å². The van der Waals surface area contributed by atoms with Crippen molar-refractivity contribution in [1.82, 2.24) is 4.90 Å². The highest BCUT2D eigenvalue weighted by atomic mass is 19.1. The summed E-state index contributed by atoms with van der Waals surface area (Å²) < 4.78 is 31.2. The first-order valence-electron chi connectivity index (χ1n) is 6.27. The molecule has 1 fully saturated rings. The molecule has 20 heavy (non-hydrogen) atoms. The Morgan fingerprint density at radius 1 is 1.40 bits per heavy atom. The number of aliphatic hydroxyl groups is 1. The Morgan fingerprint density at radius 3 is 2.75 bits per heavy atom. The molecule has 1 unspecified atom stereocenters. The van der Waals surface area contributed by atoms with Gasteiger partial charge in [-0.25, -0.2) is 8.78 Å². The molecule has 1 amide bonds. The summed E-state index contributed by atoms with van der Waals surface area (Å²) in [5.41, 5.74) is 0.0707. The first-order chi connectivity index (χ1) is 9.58. The number of rotatable bonds is 4. The molecule has 7 heteroatoms. The summed E-state index contributed by atoms with van der Waals surface area (Å²) in [6.45, 7) is 1.29. The zero-order valence-electron chi connectivity index (χ0n) is 10.8. The molecule has 2 N–H and O–H groups in total. The van der Waals surface area contributed by atoms with Gasteiger partial charge in [-0.3, -0.25) is 9.69 Å². The van der Waals surface area contributed by atoms with Crippen molar-refractivity contribution < 1.29 is 23.4 Å². The number of carbonyl (C=O) groups excluding carboxylic acids is 1. The van der Waals surface area contributed by atoms with E-state index >= 15 is 0 Å². The molecular formula is C13H16F2N2O3. The third-order valence-electron chi connectivity index (χ3n) is 3.05. The number of nitrogens with zero attached hydrogens (tertiary/aromatic N) is 1. The van der Waals surface area contributed by atoms with Gasteiger partial charge in [0.15, 0.2) is 0 Å². The fraction of sp³-hybridized carbons (Fsp3) is 0.462. The Hall–Kier alpha value is -1.57. The van der Waals surface area contributed by atoms with Gasteiger partial charge in [0.2, 0.25) is 5.91 Å². The summed E-state index contributed by atoms with van der Waals surface area (Å²) in [7, 11) is 0. The number of amides is 1. The van der Waals surface area contributed by atoms with E-state index in [2.05, 4.69) is 5.32 Å². The highest BCUT2D eigenvalue weighted by molar-refractivity contribution is 5.92. The molecule has 0 radical (unpaired) electrons. The molecule has 0 spiro atoms. The molecule has 2 rings (SSSR count). The van der Waals surface area contributed by atoms with Gasteiger partial charge in [0.1, 0.15) is 11.6 Å². The maximum atomic E-state index is 13.0. The summed E-state index contributed by atoms with van der Waals surface area (Å²) in [6.07, 6.45) is 0. The lowest BCUT2D eigenvalue weighted by atomic mass is 10.2. The van der Waals surface area contributed by atoms with E-state index in [-0.39, 0.29) is 24.9 Å². The highest BCUT2D eigenvalue weighted by Crippen LogP contribution is 2.13. The Morgan fingerprint density at radius 2 is 2.10 bits per heavy atom. The average molecular weight is 286 g/mol. The molecule has 1 saturated heterocycles. The fourth-order valence-corrected chi connectivity index (χ4v) is 2.08. The van der Waals surface area contributed by atoms with Crippen LogP contribution in [-0.4, -0.2) is 54.9 Å². The first-order valence-corrected chi connectivity index (χ1v) is 6.27. The molecule has 1 aromatic rings. The molecule has 0 saturated carbocycles. The number of anilines is 1. The second kappa shape index (κ2) is 6.74. The van der Waals surface area contributed by atoms with Crippen molar-refractivity contribution in [3.8, 4) is 0 Å². The number of aliphatic hydroxyl groups excluding tert-OH is 1. The van der Waals surface area contributed by atoms with Crippen molar-refractivity contribution in [3.05, 3.63) is 29.8 Å². The lowest BCUT2D eigenvalue weighted by molar-refractivity contribution is -0.120. The molecule has 1 aromatic carbocycles. The zero-order chi connectivity index (χ0) is 14.5. The van der Waals surface area contributed by atoms with Gasteiger partial charge < -0.3 is 15.2 Å². The summed E-state index contributed by atoms with van der Waals surface area (Å²) in [5.74, 6) is -1.89. The molecule has 5 nitrogen and oxygen atoms in total. The van der Waals surface area contributed by atoms with E-state index in [1.807, 2.05) is 0 Å². The zero-order valence-corrected chi connectivity index (χ0v) is 10.8. The molecule has 1 atom stereocenters. The molecule has 0 bridgehead atoms. The van der Waals surface area contributed by atoms with E-state index in [4.69, 9.17) is 4.74 Å². The fourth-order valence-electron chi connectivity index (χ4n) is 2.08. The van der Waals surface area contributed by atoms with Gasteiger partial charge in [-0.05, 0) is 12.1 Å². The Bertz CT molecular complexity index is 464. The highest BCUT2D eigenvalue weighted by Gasteiger charge is 2.24.